The highest BCUT2D eigenvalue weighted by Gasteiger charge is 2.27. The van der Waals surface area contributed by atoms with E-state index in [0.29, 0.717) is 17.4 Å². The third-order valence-electron chi connectivity index (χ3n) is 14.3. The van der Waals surface area contributed by atoms with Gasteiger partial charge in [-0.1, -0.05) is 281 Å². The van der Waals surface area contributed by atoms with Crippen molar-refractivity contribution in [1.29, 1.82) is 0 Å². The van der Waals surface area contributed by atoms with E-state index in [0.717, 1.165) is 38.5 Å². The molecule has 0 radical (unpaired) electrons. The molecule has 72 heavy (non-hydrogen) atoms. The van der Waals surface area contributed by atoms with E-state index in [1.807, 2.05) is 27.2 Å². The van der Waals surface area contributed by atoms with Crippen LogP contribution in [-0.2, 0) is 18.4 Å². The molecule has 9 heteroatoms. The SMILES string of the molecule is CCCCCCCCCC/C=C\CCCCCCCCCCCCCCCCCCCCCC(=O)NC(COP(=O)(O)OCC[N+](C)(C)C)C(O)/C=C/CC/C=C/CCCCCCCCCCCCCCC. The number of nitrogens with zero attached hydrogens (tertiary/aromatic N) is 1. The summed E-state index contributed by atoms with van der Waals surface area (Å²) < 4.78 is 23.7. The van der Waals surface area contributed by atoms with Gasteiger partial charge in [-0.3, -0.25) is 13.8 Å². The van der Waals surface area contributed by atoms with Crippen LogP contribution in [0.2, 0.25) is 0 Å². The van der Waals surface area contributed by atoms with Gasteiger partial charge < -0.3 is 19.8 Å². The Morgan fingerprint density at radius 3 is 1.11 bits per heavy atom. The van der Waals surface area contributed by atoms with Crippen molar-refractivity contribution in [2.24, 2.45) is 0 Å². The van der Waals surface area contributed by atoms with Gasteiger partial charge in [0.05, 0.1) is 39.9 Å². The van der Waals surface area contributed by atoms with Gasteiger partial charge in [0.2, 0.25) is 5.91 Å². The molecule has 0 aromatic heterocycles. The monoisotopic (exact) mass is 1040 g/mol. The van der Waals surface area contributed by atoms with Crippen LogP contribution in [0.1, 0.15) is 309 Å². The largest absolute Gasteiger partial charge is 0.472 e. The Balaban J connectivity index is 4.09. The maximum absolute atomic E-state index is 13.0. The van der Waals surface area contributed by atoms with Crippen LogP contribution < -0.4 is 5.32 Å². The highest BCUT2D eigenvalue weighted by Crippen LogP contribution is 2.43. The van der Waals surface area contributed by atoms with Crippen molar-refractivity contribution in [3.8, 4) is 0 Å². The minimum absolute atomic E-state index is 0.0578. The molecule has 0 aliphatic carbocycles. The van der Waals surface area contributed by atoms with E-state index < -0.39 is 20.0 Å². The average molecular weight is 1040 g/mol. The number of likely N-dealkylation sites (N-methyl/N-ethyl adjacent to an activating group) is 1. The van der Waals surface area contributed by atoms with E-state index in [2.05, 4.69) is 43.5 Å². The van der Waals surface area contributed by atoms with Gasteiger partial charge in [0.25, 0.3) is 0 Å². The van der Waals surface area contributed by atoms with Crippen LogP contribution in [0.15, 0.2) is 36.5 Å². The van der Waals surface area contributed by atoms with Gasteiger partial charge in [-0.05, 0) is 57.8 Å². The minimum atomic E-state index is -4.35. The molecule has 0 bridgehead atoms. The number of aliphatic hydroxyl groups is 1. The van der Waals surface area contributed by atoms with Crippen molar-refractivity contribution < 1.29 is 32.9 Å². The minimum Gasteiger partial charge on any atom is -0.387 e. The Morgan fingerprint density at radius 1 is 0.458 bits per heavy atom. The Kier molecular flexibility index (Phi) is 53.5. The van der Waals surface area contributed by atoms with Gasteiger partial charge in [-0.2, -0.15) is 0 Å². The molecule has 0 spiro atoms. The maximum atomic E-state index is 13.0. The molecule has 3 atom stereocenters. The zero-order valence-corrected chi connectivity index (χ0v) is 49.6. The highest BCUT2D eigenvalue weighted by atomic mass is 31.2. The molecule has 0 aliphatic heterocycles. The lowest BCUT2D eigenvalue weighted by atomic mass is 10.0. The van der Waals surface area contributed by atoms with Gasteiger partial charge in [0.1, 0.15) is 13.2 Å². The summed E-state index contributed by atoms with van der Waals surface area (Å²) in [4.78, 5) is 23.3. The predicted molar refractivity (Wildman–Crippen MR) is 314 cm³/mol. The summed E-state index contributed by atoms with van der Waals surface area (Å²) in [5.41, 5.74) is 0. The summed E-state index contributed by atoms with van der Waals surface area (Å²) in [7, 11) is 1.57. The van der Waals surface area contributed by atoms with E-state index in [9.17, 15) is 19.4 Å². The van der Waals surface area contributed by atoms with Gasteiger partial charge in [-0.25, -0.2) is 4.57 Å². The van der Waals surface area contributed by atoms with E-state index in [4.69, 9.17) is 9.05 Å². The number of aliphatic hydroxyl groups excluding tert-OH is 1. The van der Waals surface area contributed by atoms with Crippen LogP contribution >= 0.6 is 7.82 Å². The second-order valence-corrected chi connectivity index (χ2v) is 24.2. The summed E-state index contributed by atoms with van der Waals surface area (Å²) in [6, 6.07) is -0.862. The first kappa shape index (κ1) is 70.7. The average Bonchev–Trinajstić information content (AvgIpc) is 3.34. The topological polar surface area (TPSA) is 105 Å². The van der Waals surface area contributed by atoms with Gasteiger partial charge in [0, 0.05) is 6.42 Å². The number of carbonyl (C=O) groups excluding carboxylic acids is 1. The number of allylic oxidation sites excluding steroid dienone is 5. The summed E-state index contributed by atoms with van der Waals surface area (Å²) in [5, 5.41) is 13.9. The van der Waals surface area contributed by atoms with Crippen LogP contribution in [0.5, 0.6) is 0 Å². The van der Waals surface area contributed by atoms with Crippen molar-refractivity contribution >= 4 is 13.7 Å². The van der Waals surface area contributed by atoms with Gasteiger partial charge >= 0.3 is 7.82 Å². The number of hydrogen-bond donors (Lipinski definition) is 3. The number of rotatable bonds is 58. The van der Waals surface area contributed by atoms with E-state index >= 15 is 0 Å². The lowest BCUT2D eigenvalue weighted by Crippen LogP contribution is -2.45. The Hall–Kier alpha value is -1.28. The fourth-order valence-corrected chi connectivity index (χ4v) is 10.1. The molecule has 426 valence electrons. The van der Waals surface area contributed by atoms with Crippen molar-refractivity contribution in [3.63, 3.8) is 0 Å². The number of phosphoric ester groups is 1. The highest BCUT2D eigenvalue weighted by molar-refractivity contribution is 7.47. The molecular weight excluding hydrogens is 912 g/mol. The first-order valence-electron chi connectivity index (χ1n) is 31.4. The Morgan fingerprint density at radius 2 is 0.764 bits per heavy atom. The lowest BCUT2D eigenvalue weighted by Gasteiger charge is -2.25. The van der Waals surface area contributed by atoms with Crippen LogP contribution in [-0.4, -0.2) is 73.4 Å². The van der Waals surface area contributed by atoms with Crippen LogP contribution in [0, 0.1) is 0 Å². The number of quaternary nitrogens is 1. The molecule has 0 aromatic rings. The molecular formula is C63H124N2O6P+. The molecule has 0 rings (SSSR count). The van der Waals surface area contributed by atoms with Crippen molar-refractivity contribution in [2.75, 3.05) is 40.9 Å². The van der Waals surface area contributed by atoms with Gasteiger partial charge in [0.15, 0.2) is 0 Å². The Labute approximate surface area is 448 Å². The first-order chi connectivity index (χ1) is 35.0. The van der Waals surface area contributed by atoms with E-state index in [1.54, 1.807) is 6.08 Å². The summed E-state index contributed by atoms with van der Waals surface area (Å²) in [5.74, 6) is -0.181. The van der Waals surface area contributed by atoms with Crippen molar-refractivity contribution in [1.82, 2.24) is 5.32 Å². The first-order valence-corrected chi connectivity index (χ1v) is 32.9. The number of carbonyl (C=O) groups is 1. The standard InChI is InChI=1S/C63H123N2O6P/c1-6-8-10-12-14-16-18-20-22-24-26-27-28-29-30-31-32-33-34-35-36-37-39-41-43-45-47-49-51-53-55-57-63(67)64-61(60-71-72(68,69)70-59-58-65(3,4)5)62(66)56-54-52-50-48-46-44-42-40-38-25-23-21-19-17-15-13-11-9-7-2/h24,26,46,48,54,56,61-62,66H,6-23,25,27-45,47,49-53,55,57-60H2,1-5H3,(H-,64,67,68,69)/p+1/b26-24-,48-46+,56-54+. The molecule has 0 heterocycles. The molecule has 0 aromatic carbocycles. The zero-order valence-electron chi connectivity index (χ0n) is 48.7. The van der Waals surface area contributed by atoms with Crippen LogP contribution in [0.25, 0.3) is 0 Å². The van der Waals surface area contributed by atoms with Crippen molar-refractivity contribution in [2.45, 2.75) is 321 Å². The molecule has 0 saturated heterocycles. The summed E-state index contributed by atoms with van der Waals surface area (Å²) >= 11 is 0. The number of nitrogens with one attached hydrogen (secondary N) is 1. The zero-order chi connectivity index (χ0) is 52.7. The maximum Gasteiger partial charge on any atom is 0.472 e. The molecule has 0 fully saturated rings. The normalized spacial score (nSPS) is 14.0. The predicted octanol–water partition coefficient (Wildman–Crippen LogP) is 19.3. The Bertz CT molecular complexity index is 1270. The fourth-order valence-electron chi connectivity index (χ4n) is 9.41. The summed E-state index contributed by atoms with van der Waals surface area (Å²) in [6.07, 6.45) is 71.3. The van der Waals surface area contributed by atoms with Gasteiger partial charge in [-0.15, -0.1) is 0 Å². The molecule has 0 saturated carbocycles. The third kappa shape index (κ3) is 56.4. The summed E-state index contributed by atoms with van der Waals surface area (Å²) in [6.45, 7) is 4.84. The lowest BCUT2D eigenvalue weighted by molar-refractivity contribution is -0.870. The third-order valence-corrected chi connectivity index (χ3v) is 15.3. The number of unbranched alkanes of at least 4 members (excludes halogenated alkanes) is 41. The van der Waals surface area contributed by atoms with E-state index in [1.165, 1.54) is 250 Å². The molecule has 8 nitrogen and oxygen atoms in total. The smallest absolute Gasteiger partial charge is 0.387 e. The molecule has 3 N–H and O–H groups in total. The van der Waals surface area contributed by atoms with Crippen LogP contribution in [0.3, 0.4) is 0 Å². The van der Waals surface area contributed by atoms with Crippen molar-refractivity contribution in [3.05, 3.63) is 36.5 Å². The molecule has 1 amide bonds. The number of amides is 1. The second-order valence-electron chi connectivity index (χ2n) is 22.8. The number of phosphoric acid groups is 1. The molecule has 3 unspecified atom stereocenters. The fraction of sp³-hybridized carbons (Fsp3) is 0.889. The molecule has 0 aliphatic rings. The quantitative estimate of drug-likeness (QED) is 0.0243. The van der Waals surface area contributed by atoms with Crippen LogP contribution in [0.4, 0.5) is 0 Å². The second kappa shape index (κ2) is 54.5. The van der Waals surface area contributed by atoms with E-state index in [-0.39, 0.29) is 19.1 Å². The number of hydrogen-bond acceptors (Lipinski definition) is 5.